The molecule has 0 aromatic carbocycles. The Balaban J connectivity index is 2.57. The molecule has 3 nitrogen and oxygen atoms in total. The molecule has 0 bridgehead atoms. The molecule has 1 saturated heterocycles. The number of rotatable bonds is 4. The third-order valence-electron chi connectivity index (χ3n) is 3.97. The van der Waals surface area contributed by atoms with E-state index < -0.39 is 0 Å². The number of nitrogens with zero attached hydrogens (tertiary/aromatic N) is 1. The van der Waals surface area contributed by atoms with Crippen LogP contribution in [0.1, 0.15) is 41.0 Å². The zero-order valence-electron chi connectivity index (χ0n) is 12.4. The molecule has 102 valence electrons. The van der Waals surface area contributed by atoms with Crippen LogP contribution < -0.4 is 5.32 Å². The molecule has 0 amide bonds. The molecule has 3 heteroatoms. The summed E-state index contributed by atoms with van der Waals surface area (Å²) in [4.78, 5) is 2.63. The minimum Gasteiger partial charge on any atom is -0.385 e. The molecule has 1 N–H and O–H groups in total. The number of ether oxygens (including phenoxy) is 1. The van der Waals surface area contributed by atoms with Gasteiger partial charge < -0.3 is 10.1 Å². The highest BCUT2D eigenvalue weighted by molar-refractivity contribution is 4.92. The summed E-state index contributed by atoms with van der Waals surface area (Å²) in [5.41, 5.74) is 0.333. The molecule has 3 unspecified atom stereocenters. The zero-order chi connectivity index (χ0) is 13.1. The van der Waals surface area contributed by atoms with Crippen LogP contribution in [0.5, 0.6) is 0 Å². The van der Waals surface area contributed by atoms with Crippen molar-refractivity contribution in [1.82, 2.24) is 10.2 Å². The maximum Gasteiger partial charge on any atom is 0.0477 e. The van der Waals surface area contributed by atoms with Crippen molar-refractivity contribution in [2.75, 3.05) is 26.8 Å². The molecular formula is C14H30N2O. The van der Waals surface area contributed by atoms with E-state index in [0.29, 0.717) is 23.5 Å². The van der Waals surface area contributed by atoms with Gasteiger partial charge >= 0.3 is 0 Å². The Morgan fingerprint density at radius 2 is 2.06 bits per heavy atom. The van der Waals surface area contributed by atoms with E-state index in [1.54, 1.807) is 7.11 Å². The topological polar surface area (TPSA) is 24.5 Å². The highest BCUT2D eigenvalue weighted by atomic mass is 16.5. The summed E-state index contributed by atoms with van der Waals surface area (Å²) in [6.45, 7) is 14.7. The highest BCUT2D eigenvalue weighted by Crippen LogP contribution is 2.25. The van der Waals surface area contributed by atoms with Gasteiger partial charge in [-0.1, -0.05) is 20.8 Å². The molecule has 0 saturated carbocycles. The lowest BCUT2D eigenvalue weighted by Gasteiger charge is -2.46. The Bertz CT molecular complexity index is 225. The van der Waals surface area contributed by atoms with Gasteiger partial charge in [0.15, 0.2) is 0 Å². The Morgan fingerprint density at radius 1 is 1.41 bits per heavy atom. The van der Waals surface area contributed by atoms with Crippen molar-refractivity contribution in [2.24, 2.45) is 5.41 Å². The molecule has 1 rings (SSSR count). The quantitative estimate of drug-likeness (QED) is 0.817. The Hall–Kier alpha value is -0.120. The second-order valence-corrected chi connectivity index (χ2v) is 6.50. The van der Waals surface area contributed by atoms with Gasteiger partial charge in [-0.25, -0.2) is 0 Å². The van der Waals surface area contributed by atoms with Crippen LogP contribution in [0.3, 0.4) is 0 Å². The van der Waals surface area contributed by atoms with Gasteiger partial charge in [0.05, 0.1) is 0 Å². The molecule has 0 spiro atoms. The number of nitrogens with one attached hydrogen (secondary N) is 1. The molecule has 0 aliphatic carbocycles. The van der Waals surface area contributed by atoms with Crippen LogP contribution in [0.4, 0.5) is 0 Å². The largest absolute Gasteiger partial charge is 0.385 e. The molecule has 0 radical (unpaired) electrons. The van der Waals surface area contributed by atoms with Crippen molar-refractivity contribution in [2.45, 2.75) is 59.2 Å². The molecule has 3 atom stereocenters. The molecule has 17 heavy (non-hydrogen) atoms. The lowest BCUT2D eigenvalue weighted by molar-refractivity contribution is 0.0490. The first-order chi connectivity index (χ1) is 7.86. The van der Waals surface area contributed by atoms with Gasteiger partial charge in [0.1, 0.15) is 0 Å². The first-order valence-electron chi connectivity index (χ1n) is 6.84. The fourth-order valence-corrected chi connectivity index (χ4v) is 2.53. The number of hydrogen-bond acceptors (Lipinski definition) is 3. The molecule has 1 heterocycles. The van der Waals surface area contributed by atoms with Gasteiger partial charge in [-0.2, -0.15) is 0 Å². The van der Waals surface area contributed by atoms with E-state index in [2.05, 4.69) is 44.8 Å². The van der Waals surface area contributed by atoms with Crippen LogP contribution in [0.2, 0.25) is 0 Å². The van der Waals surface area contributed by atoms with Gasteiger partial charge in [0, 0.05) is 44.9 Å². The normalized spacial score (nSPS) is 29.3. The Morgan fingerprint density at radius 3 is 2.59 bits per heavy atom. The minimum atomic E-state index is 0.333. The number of methoxy groups -OCH3 is 1. The lowest BCUT2D eigenvalue weighted by atomic mass is 9.84. The molecule has 1 fully saturated rings. The van der Waals surface area contributed by atoms with Crippen molar-refractivity contribution in [3.05, 3.63) is 0 Å². The van der Waals surface area contributed by atoms with E-state index in [1.165, 1.54) is 0 Å². The van der Waals surface area contributed by atoms with Crippen LogP contribution in [-0.2, 0) is 4.74 Å². The van der Waals surface area contributed by atoms with Crippen molar-refractivity contribution in [1.29, 1.82) is 0 Å². The first-order valence-corrected chi connectivity index (χ1v) is 6.84. The monoisotopic (exact) mass is 242 g/mol. The fraction of sp³-hybridized carbons (Fsp3) is 1.00. The van der Waals surface area contributed by atoms with E-state index >= 15 is 0 Å². The predicted octanol–water partition coefficient (Wildman–Crippen LogP) is 2.12. The third kappa shape index (κ3) is 4.23. The Kier molecular flexibility index (Phi) is 5.42. The van der Waals surface area contributed by atoms with Gasteiger partial charge in [-0.05, 0) is 25.7 Å². The molecule has 0 aromatic rings. The number of piperazine rings is 1. The maximum absolute atomic E-state index is 5.19. The Labute approximate surface area is 107 Å². The lowest BCUT2D eigenvalue weighted by Crippen LogP contribution is -2.61. The summed E-state index contributed by atoms with van der Waals surface area (Å²) in [6.07, 6.45) is 1.12. The summed E-state index contributed by atoms with van der Waals surface area (Å²) < 4.78 is 5.19. The van der Waals surface area contributed by atoms with Gasteiger partial charge in [-0.3, -0.25) is 4.90 Å². The van der Waals surface area contributed by atoms with Crippen LogP contribution in [0.15, 0.2) is 0 Å². The van der Waals surface area contributed by atoms with Crippen LogP contribution in [-0.4, -0.2) is 49.8 Å². The van der Waals surface area contributed by atoms with Crippen molar-refractivity contribution in [3.63, 3.8) is 0 Å². The summed E-state index contributed by atoms with van der Waals surface area (Å²) in [7, 11) is 1.78. The van der Waals surface area contributed by atoms with Crippen molar-refractivity contribution < 1.29 is 4.74 Å². The van der Waals surface area contributed by atoms with E-state index in [0.717, 1.165) is 26.1 Å². The van der Waals surface area contributed by atoms with Crippen LogP contribution in [0.25, 0.3) is 0 Å². The average molecular weight is 242 g/mol. The number of hydrogen-bond donors (Lipinski definition) is 1. The van der Waals surface area contributed by atoms with Crippen LogP contribution >= 0.6 is 0 Å². The second-order valence-electron chi connectivity index (χ2n) is 6.50. The SMILES string of the molecule is COCCC(C)N1CC(C(C)(C)C)NCC1C. The zero-order valence-corrected chi connectivity index (χ0v) is 12.4. The van der Waals surface area contributed by atoms with E-state index in [4.69, 9.17) is 4.74 Å². The highest BCUT2D eigenvalue weighted by Gasteiger charge is 2.33. The second kappa shape index (κ2) is 6.17. The van der Waals surface area contributed by atoms with E-state index in [9.17, 15) is 0 Å². The standard InChI is InChI=1S/C14H30N2O/c1-11(7-8-17-6)16-10-13(14(3,4)5)15-9-12(16)2/h11-13,15H,7-10H2,1-6H3. The summed E-state index contributed by atoms with van der Waals surface area (Å²) in [5.74, 6) is 0. The minimum absolute atomic E-state index is 0.333. The molecule has 1 aliphatic rings. The summed E-state index contributed by atoms with van der Waals surface area (Å²) >= 11 is 0. The molecular weight excluding hydrogens is 212 g/mol. The predicted molar refractivity (Wildman–Crippen MR) is 73.4 cm³/mol. The van der Waals surface area contributed by atoms with Crippen molar-refractivity contribution in [3.8, 4) is 0 Å². The summed E-state index contributed by atoms with van der Waals surface area (Å²) in [6, 6.07) is 1.82. The molecule has 1 aliphatic heterocycles. The molecule has 0 aromatic heterocycles. The van der Waals surface area contributed by atoms with Gasteiger partial charge in [0.2, 0.25) is 0 Å². The first kappa shape index (κ1) is 14.9. The van der Waals surface area contributed by atoms with Gasteiger partial charge in [0.25, 0.3) is 0 Å². The smallest absolute Gasteiger partial charge is 0.0477 e. The average Bonchev–Trinajstić information content (AvgIpc) is 2.24. The third-order valence-corrected chi connectivity index (χ3v) is 3.97. The summed E-state index contributed by atoms with van der Waals surface area (Å²) in [5, 5.41) is 3.68. The van der Waals surface area contributed by atoms with E-state index in [1.807, 2.05) is 0 Å². The van der Waals surface area contributed by atoms with Crippen LogP contribution in [0, 0.1) is 5.41 Å². The maximum atomic E-state index is 5.19. The van der Waals surface area contributed by atoms with Crippen molar-refractivity contribution >= 4 is 0 Å². The van der Waals surface area contributed by atoms with Gasteiger partial charge in [-0.15, -0.1) is 0 Å². The van der Waals surface area contributed by atoms with E-state index in [-0.39, 0.29) is 0 Å². The fourth-order valence-electron chi connectivity index (χ4n) is 2.53.